The van der Waals surface area contributed by atoms with Gasteiger partial charge in [0.25, 0.3) is 5.91 Å². The van der Waals surface area contributed by atoms with Crippen LogP contribution in [0.15, 0.2) is 34.9 Å². The maximum absolute atomic E-state index is 11.6. The monoisotopic (exact) mass is 250 g/mol. The summed E-state index contributed by atoms with van der Waals surface area (Å²) < 4.78 is 5.11. The summed E-state index contributed by atoms with van der Waals surface area (Å²) in [5, 5.41) is 3.40. The summed E-state index contributed by atoms with van der Waals surface area (Å²) in [4.78, 5) is 15.5. The number of amides is 1. The number of hydrogen-bond donors (Lipinski definition) is 1. The minimum Gasteiger partial charge on any atom is -0.436 e. The summed E-state index contributed by atoms with van der Waals surface area (Å²) in [5.74, 6) is 0.415. The van der Waals surface area contributed by atoms with Crippen molar-refractivity contribution in [3.63, 3.8) is 0 Å². The first kappa shape index (κ1) is 11.7. The molecule has 1 amide bonds. The van der Waals surface area contributed by atoms with Gasteiger partial charge in [-0.15, -0.1) is 0 Å². The van der Waals surface area contributed by atoms with Gasteiger partial charge in [-0.3, -0.25) is 4.79 Å². The third-order valence-corrected chi connectivity index (χ3v) is 2.46. The van der Waals surface area contributed by atoms with Gasteiger partial charge in [0.1, 0.15) is 0 Å². The fourth-order valence-electron chi connectivity index (χ4n) is 1.34. The highest BCUT2D eigenvalue weighted by Crippen LogP contribution is 2.09. The predicted octanol–water partition coefficient (Wildman–Crippen LogP) is 2.57. The van der Waals surface area contributed by atoms with Crippen LogP contribution in [0.25, 0.3) is 0 Å². The molecule has 5 heteroatoms. The maximum atomic E-state index is 11.6. The zero-order valence-electron chi connectivity index (χ0n) is 9.24. The molecule has 2 aromatic rings. The van der Waals surface area contributed by atoms with Crippen LogP contribution in [0.4, 0.5) is 0 Å². The Balaban J connectivity index is 1.94. The summed E-state index contributed by atoms with van der Waals surface area (Å²) in [6, 6.07) is 7.27. The third kappa shape index (κ3) is 3.07. The Hall–Kier alpha value is -1.81. The van der Waals surface area contributed by atoms with E-state index in [2.05, 4.69) is 10.3 Å². The lowest BCUT2D eigenvalue weighted by Gasteiger charge is -2.03. The highest BCUT2D eigenvalue weighted by Gasteiger charge is 2.09. The maximum Gasteiger partial charge on any atom is 0.288 e. The first-order valence-electron chi connectivity index (χ1n) is 5.10. The molecule has 0 fully saturated rings. The zero-order valence-corrected chi connectivity index (χ0v) is 9.99. The van der Waals surface area contributed by atoms with Gasteiger partial charge >= 0.3 is 0 Å². The predicted molar refractivity (Wildman–Crippen MR) is 63.9 cm³/mol. The molecule has 0 spiro atoms. The van der Waals surface area contributed by atoms with Gasteiger partial charge in [0.2, 0.25) is 5.76 Å². The van der Waals surface area contributed by atoms with Gasteiger partial charge in [-0.1, -0.05) is 23.7 Å². The van der Waals surface area contributed by atoms with E-state index >= 15 is 0 Å². The second kappa shape index (κ2) is 5.01. The van der Waals surface area contributed by atoms with E-state index < -0.39 is 0 Å². The van der Waals surface area contributed by atoms with Gasteiger partial charge in [0.15, 0.2) is 5.89 Å². The number of aryl methyl sites for hydroxylation is 1. The van der Waals surface area contributed by atoms with E-state index in [4.69, 9.17) is 16.0 Å². The van der Waals surface area contributed by atoms with Crippen LogP contribution in [0.1, 0.15) is 22.0 Å². The van der Waals surface area contributed by atoms with E-state index in [1.54, 1.807) is 19.1 Å². The first-order valence-corrected chi connectivity index (χ1v) is 5.48. The molecule has 0 unspecified atom stereocenters. The average molecular weight is 251 g/mol. The van der Waals surface area contributed by atoms with Gasteiger partial charge in [-0.05, 0) is 17.7 Å². The fourth-order valence-corrected chi connectivity index (χ4v) is 1.46. The molecule has 0 aliphatic rings. The number of nitrogens with one attached hydrogen (secondary N) is 1. The van der Waals surface area contributed by atoms with Crippen LogP contribution >= 0.6 is 11.6 Å². The number of rotatable bonds is 3. The van der Waals surface area contributed by atoms with Crippen molar-refractivity contribution >= 4 is 17.5 Å². The number of oxazole rings is 1. The van der Waals surface area contributed by atoms with Gasteiger partial charge in [0, 0.05) is 18.5 Å². The van der Waals surface area contributed by atoms with Gasteiger partial charge in [-0.25, -0.2) is 4.98 Å². The Morgan fingerprint density at radius 3 is 2.71 bits per heavy atom. The molecule has 1 heterocycles. The van der Waals surface area contributed by atoms with E-state index in [-0.39, 0.29) is 11.7 Å². The highest BCUT2D eigenvalue weighted by atomic mass is 35.5. The minimum absolute atomic E-state index is 0.219. The molecule has 1 aromatic carbocycles. The second-order valence-corrected chi connectivity index (χ2v) is 3.99. The molecule has 4 nitrogen and oxygen atoms in total. The van der Waals surface area contributed by atoms with Crippen molar-refractivity contribution < 1.29 is 9.21 Å². The minimum atomic E-state index is -0.277. The van der Waals surface area contributed by atoms with E-state index in [0.717, 1.165) is 5.56 Å². The lowest BCUT2D eigenvalue weighted by atomic mass is 10.2. The number of nitrogens with zero attached hydrogens (tertiary/aromatic N) is 1. The molecule has 88 valence electrons. The van der Waals surface area contributed by atoms with Crippen molar-refractivity contribution in [2.24, 2.45) is 0 Å². The summed E-state index contributed by atoms with van der Waals surface area (Å²) >= 11 is 5.76. The largest absolute Gasteiger partial charge is 0.436 e. The van der Waals surface area contributed by atoms with Crippen LogP contribution in [0.3, 0.4) is 0 Å². The Labute approximate surface area is 104 Å². The SMILES string of the molecule is Cc1ncc(C(=O)NCc2ccc(Cl)cc2)o1. The molecule has 2 rings (SSSR count). The van der Waals surface area contributed by atoms with Crippen molar-refractivity contribution in [3.8, 4) is 0 Å². The Morgan fingerprint density at radius 1 is 1.41 bits per heavy atom. The number of aromatic nitrogens is 1. The van der Waals surface area contributed by atoms with E-state index in [9.17, 15) is 4.79 Å². The van der Waals surface area contributed by atoms with E-state index in [0.29, 0.717) is 17.5 Å². The van der Waals surface area contributed by atoms with Crippen molar-refractivity contribution in [1.29, 1.82) is 0 Å². The van der Waals surface area contributed by atoms with Gasteiger partial charge < -0.3 is 9.73 Å². The number of halogens is 1. The van der Waals surface area contributed by atoms with Gasteiger partial charge in [-0.2, -0.15) is 0 Å². The Bertz CT molecular complexity index is 520. The van der Waals surface area contributed by atoms with Crippen molar-refractivity contribution in [2.45, 2.75) is 13.5 Å². The van der Waals surface area contributed by atoms with Gasteiger partial charge in [0.05, 0.1) is 6.20 Å². The molecule has 0 saturated carbocycles. The standard InChI is InChI=1S/C12H11ClN2O2/c1-8-14-7-11(17-8)12(16)15-6-9-2-4-10(13)5-3-9/h2-5,7H,6H2,1H3,(H,15,16). The molecule has 0 bridgehead atoms. The quantitative estimate of drug-likeness (QED) is 0.911. The summed E-state index contributed by atoms with van der Waals surface area (Å²) in [6.45, 7) is 2.12. The van der Waals surface area contributed by atoms with Crippen molar-refractivity contribution in [1.82, 2.24) is 10.3 Å². The van der Waals surface area contributed by atoms with Crippen LogP contribution in [0.2, 0.25) is 5.02 Å². The van der Waals surface area contributed by atoms with E-state index in [1.807, 2.05) is 12.1 Å². The average Bonchev–Trinajstić information content (AvgIpc) is 2.75. The molecule has 0 saturated heterocycles. The molecule has 0 aliphatic heterocycles. The molecular weight excluding hydrogens is 240 g/mol. The summed E-state index contributed by atoms with van der Waals surface area (Å²) in [5.41, 5.74) is 0.971. The summed E-state index contributed by atoms with van der Waals surface area (Å²) in [6.07, 6.45) is 1.41. The highest BCUT2D eigenvalue weighted by molar-refractivity contribution is 6.30. The van der Waals surface area contributed by atoms with Crippen molar-refractivity contribution in [2.75, 3.05) is 0 Å². The smallest absolute Gasteiger partial charge is 0.288 e. The normalized spacial score (nSPS) is 10.2. The van der Waals surface area contributed by atoms with Crippen LogP contribution in [0.5, 0.6) is 0 Å². The van der Waals surface area contributed by atoms with Crippen LogP contribution < -0.4 is 5.32 Å². The molecule has 0 aliphatic carbocycles. The number of benzene rings is 1. The first-order chi connectivity index (χ1) is 8.15. The molecule has 1 N–H and O–H groups in total. The Morgan fingerprint density at radius 2 is 2.12 bits per heavy atom. The molecule has 1 aromatic heterocycles. The third-order valence-electron chi connectivity index (χ3n) is 2.21. The lowest BCUT2D eigenvalue weighted by molar-refractivity contribution is 0.0922. The molecular formula is C12H11ClN2O2. The van der Waals surface area contributed by atoms with Crippen LogP contribution in [-0.4, -0.2) is 10.9 Å². The Kier molecular flexibility index (Phi) is 3.44. The molecule has 17 heavy (non-hydrogen) atoms. The molecule has 0 radical (unpaired) electrons. The lowest BCUT2D eigenvalue weighted by Crippen LogP contribution is -2.22. The van der Waals surface area contributed by atoms with Crippen molar-refractivity contribution in [3.05, 3.63) is 52.7 Å². The van der Waals surface area contributed by atoms with Crippen LogP contribution in [0, 0.1) is 6.92 Å². The van der Waals surface area contributed by atoms with Crippen LogP contribution in [-0.2, 0) is 6.54 Å². The molecule has 0 atom stereocenters. The fraction of sp³-hybridized carbons (Fsp3) is 0.167. The second-order valence-electron chi connectivity index (χ2n) is 3.55. The number of carbonyl (C=O) groups is 1. The number of carbonyl (C=O) groups excluding carboxylic acids is 1. The number of hydrogen-bond acceptors (Lipinski definition) is 3. The topological polar surface area (TPSA) is 55.1 Å². The summed E-state index contributed by atoms with van der Waals surface area (Å²) in [7, 11) is 0. The van der Waals surface area contributed by atoms with E-state index in [1.165, 1.54) is 6.20 Å². The zero-order chi connectivity index (χ0) is 12.3.